The lowest BCUT2D eigenvalue weighted by Gasteiger charge is -2.21. The van der Waals surface area contributed by atoms with E-state index in [4.69, 9.17) is 0 Å². The van der Waals surface area contributed by atoms with E-state index in [1.807, 2.05) is 31.4 Å². The smallest absolute Gasteiger partial charge is 0.272 e. The zero-order valence-electron chi connectivity index (χ0n) is 11.6. The molecule has 0 saturated heterocycles. The Hall–Kier alpha value is -1.66. The molecule has 0 spiro atoms. The van der Waals surface area contributed by atoms with Crippen molar-refractivity contribution in [1.82, 2.24) is 15.5 Å². The number of amides is 1. The number of aliphatic hydroxyl groups is 1. The lowest BCUT2D eigenvalue weighted by atomic mass is 10.00. The first-order valence-corrected chi connectivity index (χ1v) is 7.54. The van der Waals surface area contributed by atoms with E-state index in [-0.39, 0.29) is 24.5 Å². The summed E-state index contributed by atoms with van der Waals surface area (Å²) >= 11 is 1.59. The first-order valence-electron chi connectivity index (χ1n) is 6.66. The Morgan fingerprint density at radius 2 is 2.40 bits per heavy atom. The second-order valence-electron chi connectivity index (χ2n) is 4.79. The van der Waals surface area contributed by atoms with E-state index < -0.39 is 0 Å². The molecule has 2 atom stereocenters. The first kappa shape index (κ1) is 14.7. The topological polar surface area (TPSA) is 78.0 Å². The molecule has 0 fully saturated rings. The van der Waals surface area contributed by atoms with Crippen LogP contribution in [-0.2, 0) is 0 Å². The van der Waals surface area contributed by atoms with Gasteiger partial charge in [0, 0.05) is 0 Å². The molecular weight excluding hydrogens is 274 g/mol. The number of carbonyl (C=O) groups is 1. The van der Waals surface area contributed by atoms with Crippen LogP contribution in [0.4, 0.5) is 0 Å². The molecule has 3 N–H and O–H groups in total. The molecule has 0 aliphatic heterocycles. The second kappa shape index (κ2) is 6.67. The number of H-pyrrole nitrogens is 1. The van der Waals surface area contributed by atoms with Crippen molar-refractivity contribution in [3.63, 3.8) is 0 Å². The average molecular weight is 293 g/mol. The molecule has 2 rings (SSSR count). The van der Waals surface area contributed by atoms with Crippen molar-refractivity contribution in [3.05, 3.63) is 29.3 Å². The lowest BCUT2D eigenvalue weighted by molar-refractivity contribution is 0.0886. The molecule has 0 bridgehead atoms. The van der Waals surface area contributed by atoms with Gasteiger partial charge in [0.1, 0.15) is 0 Å². The van der Waals surface area contributed by atoms with Crippen molar-refractivity contribution < 1.29 is 9.90 Å². The number of hydrogen-bond acceptors (Lipinski definition) is 4. The first-order chi connectivity index (χ1) is 9.65. The van der Waals surface area contributed by atoms with Crippen molar-refractivity contribution in [3.8, 4) is 10.6 Å². The van der Waals surface area contributed by atoms with Gasteiger partial charge in [0.15, 0.2) is 5.69 Å². The number of rotatable bonds is 6. The third-order valence-electron chi connectivity index (χ3n) is 3.44. The predicted molar refractivity (Wildman–Crippen MR) is 79.7 cm³/mol. The summed E-state index contributed by atoms with van der Waals surface area (Å²) in [6.45, 7) is 3.97. The molecule has 2 aromatic rings. The third kappa shape index (κ3) is 3.26. The molecule has 20 heavy (non-hydrogen) atoms. The highest BCUT2D eigenvalue weighted by atomic mass is 32.1. The van der Waals surface area contributed by atoms with Gasteiger partial charge >= 0.3 is 0 Å². The Bertz CT molecular complexity index is 551. The molecule has 0 unspecified atom stereocenters. The van der Waals surface area contributed by atoms with Gasteiger partial charge in [0.05, 0.1) is 23.2 Å². The van der Waals surface area contributed by atoms with Crippen molar-refractivity contribution >= 4 is 17.2 Å². The molecule has 1 amide bonds. The molecule has 2 aromatic heterocycles. The summed E-state index contributed by atoms with van der Waals surface area (Å²) in [4.78, 5) is 13.2. The van der Waals surface area contributed by atoms with Crippen molar-refractivity contribution in [2.75, 3.05) is 6.61 Å². The summed E-state index contributed by atoms with van der Waals surface area (Å²) in [6, 6.07) is 5.40. The fourth-order valence-electron chi connectivity index (χ4n) is 1.89. The Kier molecular flexibility index (Phi) is 4.92. The highest BCUT2D eigenvalue weighted by Gasteiger charge is 2.20. The van der Waals surface area contributed by atoms with E-state index in [1.54, 1.807) is 17.4 Å². The van der Waals surface area contributed by atoms with Crippen LogP contribution in [0.3, 0.4) is 0 Å². The van der Waals surface area contributed by atoms with Crippen LogP contribution in [0.2, 0.25) is 0 Å². The monoisotopic (exact) mass is 293 g/mol. The molecule has 0 radical (unpaired) electrons. The molecule has 0 aromatic carbocycles. The SMILES string of the molecule is CC[C@@H](C)[C@H](CO)NC(=O)c1cc(-c2cccs2)[nH]n1. The molecule has 0 aliphatic carbocycles. The summed E-state index contributed by atoms with van der Waals surface area (Å²) in [5.74, 6) is -0.0388. The number of nitrogens with zero attached hydrogens (tertiary/aromatic N) is 1. The normalized spacial score (nSPS) is 13.9. The minimum absolute atomic E-state index is 0.0665. The summed E-state index contributed by atoms with van der Waals surface area (Å²) in [7, 11) is 0. The van der Waals surface area contributed by atoms with Gasteiger partial charge in [-0.3, -0.25) is 9.89 Å². The van der Waals surface area contributed by atoms with Crippen LogP contribution in [0.25, 0.3) is 10.6 Å². The summed E-state index contributed by atoms with van der Waals surface area (Å²) in [6.07, 6.45) is 0.895. The molecule has 108 valence electrons. The van der Waals surface area contributed by atoms with Crippen molar-refractivity contribution in [1.29, 1.82) is 0 Å². The number of aromatic amines is 1. The number of thiophene rings is 1. The third-order valence-corrected chi connectivity index (χ3v) is 4.34. The van der Waals surface area contributed by atoms with Crippen LogP contribution in [-0.4, -0.2) is 33.9 Å². The quantitative estimate of drug-likeness (QED) is 0.764. The molecule has 6 heteroatoms. The number of aromatic nitrogens is 2. The maximum absolute atomic E-state index is 12.1. The molecule has 5 nitrogen and oxygen atoms in total. The van der Waals surface area contributed by atoms with Gasteiger partial charge in [0.25, 0.3) is 5.91 Å². The fourth-order valence-corrected chi connectivity index (χ4v) is 2.58. The zero-order chi connectivity index (χ0) is 14.5. The van der Waals surface area contributed by atoms with Crippen LogP contribution in [0.5, 0.6) is 0 Å². The number of aliphatic hydroxyl groups excluding tert-OH is 1. The maximum atomic E-state index is 12.1. The molecule has 2 heterocycles. The Morgan fingerprint density at radius 3 is 3.00 bits per heavy atom. The van der Waals surface area contributed by atoms with Crippen molar-refractivity contribution in [2.24, 2.45) is 5.92 Å². The number of nitrogens with one attached hydrogen (secondary N) is 2. The van der Waals surface area contributed by atoms with E-state index in [1.165, 1.54) is 0 Å². The van der Waals surface area contributed by atoms with Gasteiger partial charge in [-0.05, 0) is 23.4 Å². The van der Waals surface area contributed by atoms with Gasteiger partial charge in [-0.25, -0.2) is 0 Å². The van der Waals surface area contributed by atoms with Gasteiger partial charge in [-0.1, -0.05) is 26.3 Å². The van der Waals surface area contributed by atoms with Crippen LogP contribution in [0, 0.1) is 5.92 Å². The molecular formula is C14H19N3O2S. The van der Waals surface area contributed by atoms with Crippen LogP contribution in [0.1, 0.15) is 30.8 Å². The minimum atomic E-state index is -0.261. The Morgan fingerprint density at radius 1 is 1.60 bits per heavy atom. The summed E-state index contributed by atoms with van der Waals surface area (Å²) in [5.41, 5.74) is 1.17. The number of carbonyl (C=O) groups excluding carboxylic acids is 1. The second-order valence-corrected chi connectivity index (χ2v) is 5.74. The van der Waals surface area contributed by atoms with E-state index in [0.29, 0.717) is 5.69 Å². The summed E-state index contributed by atoms with van der Waals surface area (Å²) < 4.78 is 0. The predicted octanol–water partition coefficient (Wildman–Crippen LogP) is 2.27. The van der Waals surface area contributed by atoms with E-state index in [2.05, 4.69) is 15.5 Å². The highest BCUT2D eigenvalue weighted by molar-refractivity contribution is 7.13. The van der Waals surface area contributed by atoms with E-state index >= 15 is 0 Å². The minimum Gasteiger partial charge on any atom is -0.394 e. The van der Waals surface area contributed by atoms with Gasteiger partial charge in [-0.15, -0.1) is 11.3 Å². The van der Waals surface area contributed by atoms with E-state index in [9.17, 15) is 9.90 Å². The van der Waals surface area contributed by atoms with Crippen LogP contribution < -0.4 is 5.32 Å². The van der Waals surface area contributed by atoms with E-state index in [0.717, 1.165) is 17.0 Å². The Balaban J connectivity index is 2.06. The standard InChI is InChI=1S/C14H19N3O2S/c1-3-9(2)12(8-18)15-14(19)11-7-10(16-17-11)13-5-4-6-20-13/h4-7,9,12,18H,3,8H2,1-2H3,(H,15,19)(H,16,17)/t9-,12+/m1/s1. The zero-order valence-corrected chi connectivity index (χ0v) is 12.4. The molecule has 0 saturated carbocycles. The lowest BCUT2D eigenvalue weighted by Crippen LogP contribution is -2.42. The number of hydrogen-bond donors (Lipinski definition) is 3. The average Bonchev–Trinajstić information content (AvgIpc) is 3.13. The van der Waals surface area contributed by atoms with Gasteiger partial charge in [-0.2, -0.15) is 5.10 Å². The van der Waals surface area contributed by atoms with Crippen molar-refractivity contribution in [2.45, 2.75) is 26.3 Å². The van der Waals surface area contributed by atoms with Gasteiger partial charge < -0.3 is 10.4 Å². The maximum Gasteiger partial charge on any atom is 0.272 e. The largest absolute Gasteiger partial charge is 0.394 e. The molecule has 0 aliphatic rings. The summed E-state index contributed by atoms with van der Waals surface area (Å²) in [5, 5.41) is 21.0. The highest BCUT2D eigenvalue weighted by Crippen LogP contribution is 2.22. The fraction of sp³-hybridized carbons (Fsp3) is 0.429. The van der Waals surface area contributed by atoms with Crippen LogP contribution in [0.15, 0.2) is 23.6 Å². The Labute approximate surface area is 122 Å². The van der Waals surface area contributed by atoms with Gasteiger partial charge in [0.2, 0.25) is 0 Å². The van der Waals surface area contributed by atoms with Crippen LogP contribution >= 0.6 is 11.3 Å².